The lowest BCUT2D eigenvalue weighted by molar-refractivity contribution is 0.102. The van der Waals surface area contributed by atoms with Crippen molar-refractivity contribution in [3.63, 3.8) is 0 Å². The standard InChI is InChI=1S/C19H17ClN4O/c1-12-6-7-16(13(2)10-12)23-18(25)17-8-9-21-19(24-17)22-15-5-3-4-14(20)11-15/h3-11H,1-2H3,(H,23,25)(H,21,22,24). The Balaban J connectivity index is 1.77. The van der Waals surface area contributed by atoms with Crippen LogP contribution in [0.3, 0.4) is 0 Å². The summed E-state index contributed by atoms with van der Waals surface area (Å²) >= 11 is 5.96. The molecule has 2 aromatic carbocycles. The van der Waals surface area contributed by atoms with Crippen LogP contribution in [0, 0.1) is 13.8 Å². The molecule has 0 radical (unpaired) electrons. The summed E-state index contributed by atoms with van der Waals surface area (Å²) in [5.74, 6) is 0.0408. The molecule has 1 aromatic heterocycles. The van der Waals surface area contributed by atoms with E-state index in [-0.39, 0.29) is 11.6 Å². The first-order valence-electron chi connectivity index (χ1n) is 7.75. The van der Waals surface area contributed by atoms with Crippen LogP contribution < -0.4 is 10.6 Å². The van der Waals surface area contributed by atoms with E-state index in [0.717, 1.165) is 22.5 Å². The SMILES string of the molecule is Cc1ccc(NC(=O)c2ccnc(Nc3cccc(Cl)c3)n2)c(C)c1. The molecule has 3 rings (SSSR count). The topological polar surface area (TPSA) is 66.9 Å². The fraction of sp³-hybridized carbons (Fsp3) is 0.105. The molecule has 0 unspecified atom stereocenters. The predicted molar refractivity (Wildman–Crippen MR) is 101 cm³/mol. The quantitative estimate of drug-likeness (QED) is 0.711. The molecule has 0 aliphatic rings. The summed E-state index contributed by atoms with van der Waals surface area (Å²) in [6.07, 6.45) is 1.54. The van der Waals surface area contributed by atoms with Gasteiger partial charge in [0.1, 0.15) is 5.69 Å². The number of rotatable bonds is 4. The number of nitrogens with one attached hydrogen (secondary N) is 2. The monoisotopic (exact) mass is 352 g/mol. The molecular formula is C19H17ClN4O. The molecule has 1 amide bonds. The van der Waals surface area contributed by atoms with Crippen LogP contribution in [-0.2, 0) is 0 Å². The highest BCUT2D eigenvalue weighted by molar-refractivity contribution is 6.30. The number of aryl methyl sites for hydroxylation is 2. The van der Waals surface area contributed by atoms with Crippen molar-refractivity contribution in [3.05, 3.63) is 76.6 Å². The number of benzene rings is 2. The number of anilines is 3. The van der Waals surface area contributed by atoms with Gasteiger partial charge in [0, 0.05) is 22.6 Å². The minimum absolute atomic E-state index is 0.277. The molecule has 5 nitrogen and oxygen atoms in total. The highest BCUT2D eigenvalue weighted by Crippen LogP contribution is 2.19. The molecule has 0 aliphatic heterocycles. The predicted octanol–water partition coefficient (Wildman–Crippen LogP) is 4.74. The van der Waals surface area contributed by atoms with Crippen LogP contribution in [0.4, 0.5) is 17.3 Å². The molecule has 6 heteroatoms. The summed E-state index contributed by atoms with van der Waals surface area (Å²) in [5.41, 5.74) is 3.93. The van der Waals surface area contributed by atoms with Crippen molar-refractivity contribution in [2.45, 2.75) is 13.8 Å². The molecule has 3 aromatic rings. The summed E-state index contributed by atoms with van der Waals surface area (Å²) in [4.78, 5) is 20.9. The van der Waals surface area contributed by atoms with Crippen molar-refractivity contribution in [2.75, 3.05) is 10.6 Å². The van der Waals surface area contributed by atoms with Gasteiger partial charge in [0.25, 0.3) is 5.91 Å². The van der Waals surface area contributed by atoms with Crippen LogP contribution in [0.1, 0.15) is 21.6 Å². The van der Waals surface area contributed by atoms with E-state index < -0.39 is 0 Å². The molecule has 25 heavy (non-hydrogen) atoms. The third kappa shape index (κ3) is 4.33. The Labute approximate surface area is 151 Å². The lowest BCUT2D eigenvalue weighted by Crippen LogP contribution is -2.15. The van der Waals surface area contributed by atoms with Gasteiger partial charge in [-0.1, -0.05) is 35.4 Å². The third-order valence-corrected chi connectivity index (χ3v) is 3.83. The highest BCUT2D eigenvalue weighted by Gasteiger charge is 2.11. The summed E-state index contributed by atoms with van der Waals surface area (Å²) in [6.45, 7) is 3.96. The van der Waals surface area contributed by atoms with Crippen LogP contribution in [0.25, 0.3) is 0 Å². The van der Waals surface area contributed by atoms with Crippen LogP contribution in [0.15, 0.2) is 54.7 Å². The number of amides is 1. The van der Waals surface area contributed by atoms with Gasteiger partial charge in [-0.05, 0) is 49.7 Å². The molecule has 0 bridgehead atoms. The van der Waals surface area contributed by atoms with Gasteiger partial charge in [0.2, 0.25) is 5.95 Å². The first-order chi connectivity index (χ1) is 12.0. The van der Waals surface area contributed by atoms with E-state index in [1.54, 1.807) is 18.2 Å². The Morgan fingerprint density at radius 1 is 1.08 bits per heavy atom. The molecular weight excluding hydrogens is 336 g/mol. The minimum atomic E-state index is -0.288. The average molecular weight is 353 g/mol. The van der Waals surface area contributed by atoms with Crippen LogP contribution in [-0.4, -0.2) is 15.9 Å². The maximum absolute atomic E-state index is 12.5. The number of halogens is 1. The number of aromatic nitrogens is 2. The first kappa shape index (κ1) is 16.9. The Bertz CT molecular complexity index is 927. The van der Waals surface area contributed by atoms with E-state index in [1.807, 2.05) is 44.2 Å². The van der Waals surface area contributed by atoms with Crippen molar-refractivity contribution in [3.8, 4) is 0 Å². The summed E-state index contributed by atoms with van der Waals surface area (Å²) in [7, 11) is 0. The summed E-state index contributed by atoms with van der Waals surface area (Å²) in [5, 5.41) is 6.52. The second-order valence-corrected chi connectivity index (χ2v) is 6.11. The van der Waals surface area contributed by atoms with Crippen molar-refractivity contribution in [1.29, 1.82) is 0 Å². The largest absolute Gasteiger partial charge is 0.324 e. The average Bonchev–Trinajstić information content (AvgIpc) is 2.57. The Kier molecular flexibility index (Phi) is 4.95. The molecule has 2 N–H and O–H groups in total. The van der Waals surface area contributed by atoms with Crippen molar-refractivity contribution >= 4 is 34.8 Å². The molecule has 0 fully saturated rings. The maximum atomic E-state index is 12.5. The van der Waals surface area contributed by atoms with Crippen molar-refractivity contribution in [1.82, 2.24) is 9.97 Å². The van der Waals surface area contributed by atoms with E-state index in [2.05, 4.69) is 20.6 Å². The number of nitrogens with zero attached hydrogens (tertiary/aromatic N) is 2. The zero-order chi connectivity index (χ0) is 17.8. The zero-order valence-electron chi connectivity index (χ0n) is 13.9. The number of carbonyl (C=O) groups is 1. The molecule has 0 saturated heterocycles. The second kappa shape index (κ2) is 7.32. The van der Waals surface area contributed by atoms with Crippen LogP contribution in [0.5, 0.6) is 0 Å². The van der Waals surface area contributed by atoms with E-state index >= 15 is 0 Å². The first-order valence-corrected chi connectivity index (χ1v) is 8.13. The molecule has 0 aliphatic carbocycles. The molecule has 1 heterocycles. The fourth-order valence-electron chi connectivity index (χ4n) is 2.38. The van der Waals surface area contributed by atoms with Gasteiger partial charge in [-0.15, -0.1) is 0 Å². The number of hydrogen-bond donors (Lipinski definition) is 2. The van der Waals surface area contributed by atoms with E-state index in [9.17, 15) is 4.79 Å². The Morgan fingerprint density at radius 3 is 2.68 bits per heavy atom. The minimum Gasteiger partial charge on any atom is -0.324 e. The van der Waals surface area contributed by atoms with Crippen molar-refractivity contribution < 1.29 is 4.79 Å². The van der Waals surface area contributed by atoms with E-state index in [0.29, 0.717) is 11.0 Å². The Hall–Kier alpha value is -2.92. The van der Waals surface area contributed by atoms with Gasteiger partial charge in [-0.25, -0.2) is 9.97 Å². The highest BCUT2D eigenvalue weighted by atomic mass is 35.5. The van der Waals surface area contributed by atoms with Gasteiger partial charge in [-0.2, -0.15) is 0 Å². The Morgan fingerprint density at radius 2 is 1.92 bits per heavy atom. The fourth-order valence-corrected chi connectivity index (χ4v) is 2.57. The summed E-state index contributed by atoms with van der Waals surface area (Å²) < 4.78 is 0. The third-order valence-electron chi connectivity index (χ3n) is 3.60. The van der Waals surface area contributed by atoms with Crippen LogP contribution >= 0.6 is 11.6 Å². The summed E-state index contributed by atoms with van der Waals surface area (Å²) in [6, 6.07) is 14.6. The number of carbonyl (C=O) groups excluding carboxylic acids is 1. The van der Waals surface area contributed by atoms with Gasteiger partial charge in [0.15, 0.2) is 0 Å². The van der Waals surface area contributed by atoms with Gasteiger partial charge in [-0.3, -0.25) is 4.79 Å². The van der Waals surface area contributed by atoms with Crippen molar-refractivity contribution in [2.24, 2.45) is 0 Å². The second-order valence-electron chi connectivity index (χ2n) is 5.67. The van der Waals surface area contributed by atoms with Gasteiger partial charge < -0.3 is 10.6 Å². The van der Waals surface area contributed by atoms with E-state index in [1.165, 1.54) is 6.20 Å². The molecule has 0 spiro atoms. The number of hydrogen-bond acceptors (Lipinski definition) is 4. The zero-order valence-corrected chi connectivity index (χ0v) is 14.6. The smallest absolute Gasteiger partial charge is 0.274 e. The molecule has 126 valence electrons. The lowest BCUT2D eigenvalue weighted by atomic mass is 10.1. The van der Waals surface area contributed by atoms with E-state index in [4.69, 9.17) is 11.6 Å². The molecule has 0 atom stereocenters. The maximum Gasteiger partial charge on any atom is 0.274 e. The van der Waals surface area contributed by atoms with Gasteiger partial charge in [0.05, 0.1) is 0 Å². The normalized spacial score (nSPS) is 10.4. The lowest BCUT2D eigenvalue weighted by Gasteiger charge is -2.10. The molecule has 0 saturated carbocycles. The van der Waals surface area contributed by atoms with Crippen LogP contribution in [0.2, 0.25) is 5.02 Å². The van der Waals surface area contributed by atoms with Gasteiger partial charge >= 0.3 is 0 Å².